The number of fused-ring (bicyclic) bond motifs is 1. The van der Waals surface area contributed by atoms with Crippen molar-refractivity contribution in [1.82, 2.24) is 15.6 Å². The van der Waals surface area contributed by atoms with E-state index in [1.165, 1.54) is 14.2 Å². The molecule has 1 aliphatic heterocycles. The van der Waals surface area contributed by atoms with Crippen LogP contribution in [0.1, 0.15) is 54.4 Å². The number of rotatable bonds is 12. The number of amides is 3. The van der Waals surface area contributed by atoms with Gasteiger partial charge in [0, 0.05) is 41.7 Å². The van der Waals surface area contributed by atoms with Crippen LogP contribution < -0.4 is 16.0 Å². The molecule has 48 heavy (non-hydrogen) atoms. The fraction of sp³-hybridized carbons (Fsp3) is 0.243. The normalized spacial score (nSPS) is 14.9. The highest BCUT2D eigenvalue weighted by atomic mass is 16.6. The lowest BCUT2D eigenvalue weighted by atomic mass is 10.0. The van der Waals surface area contributed by atoms with E-state index in [2.05, 4.69) is 20.9 Å². The number of carbonyl (C=O) groups excluding carboxylic acids is 4. The van der Waals surface area contributed by atoms with Crippen molar-refractivity contribution in [3.8, 4) is 0 Å². The van der Waals surface area contributed by atoms with Crippen molar-refractivity contribution < 1.29 is 33.8 Å². The number of benzene rings is 3. The lowest BCUT2D eigenvalue weighted by molar-refractivity contribution is -0.142. The largest absolute Gasteiger partial charge is 0.467 e. The van der Waals surface area contributed by atoms with E-state index in [0.29, 0.717) is 45.8 Å². The van der Waals surface area contributed by atoms with E-state index in [9.17, 15) is 24.3 Å². The van der Waals surface area contributed by atoms with Gasteiger partial charge < -0.3 is 35.5 Å². The fourth-order valence-corrected chi connectivity index (χ4v) is 5.80. The van der Waals surface area contributed by atoms with Crippen LogP contribution in [0.4, 0.5) is 5.69 Å². The van der Waals surface area contributed by atoms with E-state index in [-0.39, 0.29) is 17.9 Å². The average Bonchev–Trinajstić information content (AvgIpc) is 3.56. The second-order valence-electron chi connectivity index (χ2n) is 11.6. The molecule has 0 saturated carbocycles. The molecule has 11 nitrogen and oxygen atoms in total. The molecule has 3 amide bonds. The van der Waals surface area contributed by atoms with Crippen LogP contribution in [-0.2, 0) is 31.9 Å². The van der Waals surface area contributed by atoms with Crippen molar-refractivity contribution in [3.05, 3.63) is 124 Å². The topological polar surface area (TPSA) is 159 Å². The summed E-state index contributed by atoms with van der Waals surface area (Å²) in [4.78, 5) is 55.7. The number of aryl methyl sites for hydroxylation is 1. The molecule has 5 rings (SSSR count). The van der Waals surface area contributed by atoms with Crippen LogP contribution in [0.5, 0.6) is 0 Å². The van der Waals surface area contributed by atoms with Gasteiger partial charge in [0.2, 0.25) is 0 Å². The summed E-state index contributed by atoms with van der Waals surface area (Å²) < 4.78 is 10.1. The summed E-state index contributed by atoms with van der Waals surface area (Å²) in [6.45, 7) is 3.52. The Morgan fingerprint density at radius 2 is 1.52 bits per heavy atom. The summed E-state index contributed by atoms with van der Waals surface area (Å²) in [5.41, 5.74) is 5.41. The highest BCUT2D eigenvalue weighted by Gasteiger charge is 2.29. The number of methoxy groups -OCH3 is 2. The quantitative estimate of drug-likeness (QED) is 0.0883. The van der Waals surface area contributed by atoms with Gasteiger partial charge in [-0.05, 0) is 61.2 Å². The van der Waals surface area contributed by atoms with Gasteiger partial charge >= 0.3 is 5.97 Å². The number of aromatic amines is 1. The van der Waals surface area contributed by atoms with Gasteiger partial charge in [-0.25, -0.2) is 4.79 Å². The molecule has 5 N–H and O–H groups in total. The Bertz CT molecular complexity index is 1850. The maximum Gasteiger partial charge on any atom is 0.328 e. The second kappa shape index (κ2) is 14.9. The summed E-state index contributed by atoms with van der Waals surface area (Å²) >= 11 is 0. The van der Waals surface area contributed by atoms with E-state index in [1.807, 2.05) is 60.7 Å². The van der Waals surface area contributed by atoms with Crippen molar-refractivity contribution in [2.75, 3.05) is 19.5 Å². The lowest BCUT2D eigenvalue weighted by Crippen LogP contribution is -2.45. The van der Waals surface area contributed by atoms with Gasteiger partial charge in [-0.3, -0.25) is 14.4 Å². The first-order valence-electron chi connectivity index (χ1n) is 15.4. The molecule has 2 heterocycles. The Morgan fingerprint density at radius 1 is 0.875 bits per heavy atom. The summed E-state index contributed by atoms with van der Waals surface area (Å²) in [6.07, 6.45) is 0.996. The van der Waals surface area contributed by atoms with Crippen LogP contribution >= 0.6 is 0 Å². The fourth-order valence-electron chi connectivity index (χ4n) is 5.80. The Balaban J connectivity index is 1.38. The number of carbonyl (C=O) groups is 4. The molecular weight excluding hydrogens is 612 g/mol. The Hall–Kier alpha value is -5.52. The summed E-state index contributed by atoms with van der Waals surface area (Å²) in [5.74, 6) is -1.86. The van der Waals surface area contributed by atoms with Crippen LogP contribution in [0.2, 0.25) is 0 Å². The first-order valence-corrected chi connectivity index (χ1v) is 15.4. The minimum Gasteiger partial charge on any atom is -0.467 e. The molecule has 0 spiro atoms. The van der Waals surface area contributed by atoms with Crippen LogP contribution in [0.15, 0.2) is 78.9 Å². The maximum atomic E-state index is 13.5. The number of aliphatic hydroxyl groups is 1. The first kappa shape index (κ1) is 33.8. The molecule has 0 radical (unpaired) electrons. The predicted octanol–water partition coefficient (Wildman–Crippen LogP) is 3.94. The summed E-state index contributed by atoms with van der Waals surface area (Å²) in [6, 6.07) is 21.9. The lowest BCUT2D eigenvalue weighted by Gasteiger charge is -2.23. The minimum absolute atomic E-state index is 0.244. The molecule has 1 aromatic heterocycles. The zero-order valence-corrected chi connectivity index (χ0v) is 27.1. The molecule has 3 atom stereocenters. The van der Waals surface area contributed by atoms with Gasteiger partial charge in [-0.1, -0.05) is 60.7 Å². The highest BCUT2D eigenvalue weighted by Crippen LogP contribution is 2.35. The van der Waals surface area contributed by atoms with E-state index in [0.717, 1.165) is 11.1 Å². The number of aromatic nitrogens is 1. The van der Waals surface area contributed by atoms with Crippen LogP contribution in [0, 0.1) is 13.8 Å². The molecule has 0 aliphatic carbocycles. The third-order valence-electron chi connectivity index (χ3n) is 8.33. The standard InChI is InChI=1S/C37H38N4O7/c1-21-29(38-22(2)32(21)35(44)41-31(37(46)48-4)18-24-13-9-6-10-14-24)20-27-26-19-25(15-16-28(26)39-34(27)43)33(42)40-30(36(45)47-3)17-23-11-7-5-8-12-23/h5-16,19-20,30-31,37-38,46H,17-18H2,1-4H3,(H,39,43)(H,40,42)(H,41,44)/b27-20-/t30-,31-,37?/m1/s1. The second-order valence-corrected chi connectivity index (χ2v) is 11.6. The summed E-state index contributed by atoms with van der Waals surface area (Å²) in [7, 11) is 2.63. The Kier molecular flexibility index (Phi) is 10.5. The smallest absolute Gasteiger partial charge is 0.328 e. The number of esters is 1. The van der Waals surface area contributed by atoms with Crippen LogP contribution in [0.3, 0.4) is 0 Å². The van der Waals surface area contributed by atoms with Crippen molar-refractivity contribution in [2.24, 2.45) is 0 Å². The predicted molar refractivity (Wildman–Crippen MR) is 181 cm³/mol. The zero-order valence-electron chi connectivity index (χ0n) is 27.1. The van der Waals surface area contributed by atoms with Crippen molar-refractivity contribution in [1.29, 1.82) is 0 Å². The number of hydrogen-bond acceptors (Lipinski definition) is 7. The zero-order chi connectivity index (χ0) is 34.4. The third-order valence-corrected chi connectivity index (χ3v) is 8.33. The number of anilines is 1. The molecule has 248 valence electrons. The monoisotopic (exact) mass is 650 g/mol. The van der Waals surface area contributed by atoms with Gasteiger partial charge in [0.05, 0.1) is 24.3 Å². The SMILES string of the molecule is COC(=O)[C@@H](Cc1ccccc1)NC(=O)c1ccc2c(c1)/C(=C/c1[nH]c(C)c(C(=O)N[C@H](Cc3ccccc3)C(O)OC)c1C)C(=O)N2. The molecule has 11 heteroatoms. The Morgan fingerprint density at radius 3 is 2.15 bits per heavy atom. The van der Waals surface area contributed by atoms with Crippen molar-refractivity contribution in [2.45, 2.75) is 45.1 Å². The molecular formula is C37H38N4O7. The molecule has 0 saturated heterocycles. The number of hydrogen-bond donors (Lipinski definition) is 5. The van der Waals surface area contributed by atoms with Gasteiger partial charge in [-0.15, -0.1) is 0 Å². The maximum absolute atomic E-state index is 13.5. The Labute approximate surface area is 278 Å². The molecule has 1 unspecified atom stereocenters. The number of aliphatic hydroxyl groups excluding tert-OH is 1. The number of ether oxygens (including phenoxy) is 2. The molecule has 0 bridgehead atoms. The molecule has 3 aromatic carbocycles. The number of H-pyrrole nitrogens is 1. The van der Waals surface area contributed by atoms with Crippen LogP contribution in [0.25, 0.3) is 11.6 Å². The van der Waals surface area contributed by atoms with Crippen molar-refractivity contribution >= 4 is 41.0 Å². The van der Waals surface area contributed by atoms with Gasteiger partial charge in [0.1, 0.15) is 6.04 Å². The van der Waals surface area contributed by atoms with Gasteiger partial charge in [-0.2, -0.15) is 0 Å². The number of nitrogens with one attached hydrogen (secondary N) is 4. The average molecular weight is 651 g/mol. The molecule has 4 aromatic rings. The van der Waals surface area contributed by atoms with E-state index in [1.54, 1.807) is 38.1 Å². The summed E-state index contributed by atoms with van der Waals surface area (Å²) in [5, 5.41) is 19.0. The van der Waals surface area contributed by atoms with Crippen molar-refractivity contribution in [3.63, 3.8) is 0 Å². The molecule has 1 aliphatic rings. The van der Waals surface area contributed by atoms with E-state index < -0.39 is 36.2 Å². The molecule has 0 fully saturated rings. The minimum atomic E-state index is -1.23. The van der Waals surface area contributed by atoms with E-state index >= 15 is 0 Å². The van der Waals surface area contributed by atoms with Gasteiger partial charge in [0.15, 0.2) is 6.29 Å². The van der Waals surface area contributed by atoms with E-state index in [4.69, 9.17) is 9.47 Å². The third kappa shape index (κ3) is 7.54. The highest BCUT2D eigenvalue weighted by molar-refractivity contribution is 6.35. The first-order chi connectivity index (χ1) is 23.1. The van der Waals surface area contributed by atoms with Gasteiger partial charge in [0.25, 0.3) is 17.7 Å². The van der Waals surface area contributed by atoms with Crippen LogP contribution in [-0.4, -0.2) is 66.4 Å².